The normalized spacial score (nSPS) is 15.6. The fourth-order valence-corrected chi connectivity index (χ4v) is 4.82. The van der Waals surface area contributed by atoms with Gasteiger partial charge < -0.3 is 15.0 Å². The van der Waals surface area contributed by atoms with E-state index in [1.165, 1.54) is 19.3 Å². The Balaban J connectivity index is 1.59. The number of methoxy groups -OCH3 is 1. The number of benzene rings is 2. The Hall–Kier alpha value is -4.20. The number of hydrogen-bond donors (Lipinski definition) is 1. The number of carbonyl (C=O) groups is 1. The predicted octanol–water partition coefficient (Wildman–Crippen LogP) is 5.21. The summed E-state index contributed by atoms with van der Waals surface area (Å²) in [5.41, 5.74) is 2.98. The number of halogens is 1. The van der Waals surface area contributed by atoms with Crippen LogP contribution in [0.25, 0.3) is 22.0 Å². The molecule has 0 bridgehead atoms. The SMILES string of the molecule is C=CC(=O)N1CCCC(n2nc3ccc(-c4c(F)cccc4OC)cc3c2NCc2ccncc2)C1. The topological polar surface area (TPSA) is 72.3 Å². The van der Waals surface area contributed by atoms with Gasteiger partial charge in [-0.25, -0.2) is 9.07 Å². The molecule has 1 saturated heterocycles. The van der Waals surface area contributed by atoms with Gasteiger partial charge in [-0.15, -0.1) is 0 Å². The summed E-state index contributed by atoms with van der Waals surface area (Å²) in [7, 11) is 1.54. The number of rotatable bonds is 7. The molecule has 1 amide bonds. The third kappa shape index (κ3) is 4.54. The number of fused-ring (bicyclic) bond motifs is 1. The van der Waals surface area contributed by atoms with E-state index in [0.717, 1.165) is 35.1 Å². The highest BCUT2D eigenvalue weighted by molar-refractivity contribution is 5.94. The smallest absolute Gasteiger partial charge is 0.246 e. The molecule has 1 fully saturated rings. The first-order chi connectivity index (χ1) is 17.6. The number of ether oxygens (including phenoxy) is 1. The maximum absolute atomic E-state index is 14.9. The van der Waals surface area contributed by atoms with Crippen LogP contribution in [-0.4, -0.2) is 45.8 Å². The van der Waals surface area contributed by atoms with E-state index in [2.05, 4.69) is 16.9 Å². The van der Waals surface area contributed by atoms with Crippen LogP contribution >= 0.6 is 0 Å². The molecule has 1 N–H and O–H groups in total. The Morgan fingerprint density at radius 1 is 1.25 bits per heavy atom. The molecule has 5 rings (SSSR count). The van der Waals surface area contributed by atoms with Crippen molar-refractivity contribution in [2.45, 2.75) is 25.4 Å². The van der Waals surface area contributed by atoms with Gasteiger partial charge in [-0.3, -0.25) is 9.78 Å². The van der Waals surface area contributed by atoms with E-state index in [4.69, 9.17) is 9.84 Å². The summed E-state index contributed by atoms with van der Waals surface area (Å²) < 4.78 is 22.3. The van der Waals surface area contributed by atoms with Crippen molar-refractivity contribution in [3.8, 4) is 16.9 Å². The number of piperidine rings is 1. The van der Waals surface area contributed by atoms with Gasteiger partial charge >= 0.3 is 0 Å². The van der Waals surface area contributed by atoms with Crippen molar-refractivity contribution >= 4 is 22.6 Å². The van der Waals surface area contributed by atoms with E-state index >= 15 is 0 Å². The molecule has 2 aromatic carbocycles. The average Bonchev–Trinajstić information content (AvgIpc) is 3.29. The number of carbonyl (C=O) groups excluding carboxylic acids is 1. The largest absolute Gasteiger partial charge is 0.496 e. The van der Waals surface area contributed by atoms with Crippen molar-refractivity contribution in [1.82, 2.24) is 19.7 Å². The number of anilines is 1. The number of likely N-dealkylation sites (tertiary alicyclic amines) is 1. The summed E-state index contributed by atoms with van der Waals surface area (Å²) in [4.78, 5) is 18.2. The van der Waals surface area contributed by atoms with Crippen LogP contribution in [0.15, 0.2) is 73.6 Å². The number of nitrogens with one attached hydrogen (secondary N) is 1. The van der Waals surface area contributed by atoms with Crippen LogP contribution in [0.4, 0.5) is 10.2 Å². The summed E-state index contributed by atoms with van der Waals surface area (Å²) in [6.45, 7) is 5.46. The average molecular weight is 486 g/mol. The van der Waals surface area contributed by atoms with Crippen LogP contribution in [0.2, 0.25) is 0 Å². The molecular weight excluding hydrogens is 457 g/mol. The lowest BCUT2D eigenvalue weighted by atomic mass is 10.0. The number of pyridine rings is 1. The van der Waals surface area contributed by atoms with E-state index < -0.39 is 0 Å². The lowest BCUT2D eigenvalue weighted by molar-refractivity contribution is -0.127. The third-order valence-electron chi connectivity index (χ3n) is 6.62. The van der Waals surface area contributed by atoms with E-state index in [9.17, 15) is 9.18 Å². The van der Waals surface area contributed by atoms with Gasteiger partial charge in [-0.05, 0) is 66.4 Å². The monoisotopic (exact) mass is 485 g/mol. The zero-order valence-corrected chi connectivity index (χ0v) is 20.2. The minimum atomic E-state index is -0.349. The molecule has 1 unspecified atom stereocenters. The molecule has 1 aliphatic rings. The first kappa shape index (κ1) is 23.5. The molecule has 8 heteroatoms. The van der Waals surface area contributed by atoms with Crippen LogP contribution in [0.1, 0.15) is 24.4 Å². The Labute approximate surface area is 209 Å². The van der Waals surface area contributed by atoms with Gasteiger partial charge in [0, 0.05) is 37.4 Å². The lowest BCUT2D eigenvalue weighted by Crippen LogP contribution is -2.40. The Kier molecular flexibility index (Phi) is 6.66. The molecule has 0 saturated carbocycles. The standard InChI is InChI=1S/C28H28FN5O2/c1-3-26(35)33-15-5-6-21(18-33)34-28(31-17-19-11-13-30-14-12-19)22-16-20(9-10-24(22)32-34)27-23(29)7-4-8-25(27)36-2/h3-4,7-14,16,21,31H,1,5-6,15,17-18H2,2H3. The first-order valence-electron chi connectivity index (χ1n) is 12.0. The molecule has 36 heavy (non-hydrogen) atoms. The highest BCUT2D eigenvalue weighted by atomic mass is 19.1. The van der Waals surface area contributed by atoms with Gasteiger partial charge in [0.2, 0.25) is 5.91 Å². The molecule has 2 aromatic heterocycles. The third-order valence-corrected chi connectivity index (χ3v) is 6.62. The molecule has 0 aliphatic carbocycles. The second-order valence-corrected chi connectivity index (χ2v) is 8.84. The van der Waals surface area contributed by atoms with Crippen LogP contribution < -0.4 is 10.1 Å². The minimum absolute atomic E-state index is 0.00133. The number of nitrogens with zero attached hydrogens (tertiary/aromatic N) is 4. The van der Waals surface area contributed by atoms with Gasteiger partial charge in [0.1, 0.15) is 17.4 Å². The Bertz CT molecular complexity index is 1400. The molecule has 1 aliphatic heterocycles. The quantitative estimate of drug-likeness (QED) is 0.364. The minimum Gasteiger partial charge on any atom is -0.496 e. The van der Waals surface area contributed by atoms with Gasteiger partial charge in [0.15, 0.2) is 0 Å². The fraction of sp³-hybridized carbons (Fsp3) is 0.250. The fourth-order valence-electron chi connectivity index (χ4n) is 4.82. The van der Waals surface area contributed by atoms with Gasteiger partial charge in [0.25, 0.3) is 0 Å². The molecule has 0 radical (unpaired) electrons. The van der Waals surface area contributed by atoms with Gasteiger partial charge in [-0.1, -0.05) is 18.7 Å². The molecule has 1 atom stereocenters. The highest BCUT2D eigenvalue weighted by Crippen LogP contribution is 2.37. The van der Waals surface area contributed by atoms with E-state index in [-0.39, 0.29) is 17.8 Å². The second kappa shape index (κ2) is 10.2. The molecule has 3 heterocycles. The summed E-state index contributed by atoms with van der Waals surface area (Å²) >= 11 is 0. The molecule has 0 spiro atoms. The predicted molar refractivity (Wildman–Crippen MR) is 138 cm³/mol. The van der Waals surface area contributed by atoms with E-state index in [1.807, 2.05) is 39.9 Å². The molecule has 7 nitrogen and oxygen atoms in total. The van der Waals surface area contributed by atoms with Crippen molar-refractivity contribution in [1.29, 1.82) is 0 Å². The lowest BCUT2D eigenvalue weighted by Gasteiger charge is -2.33. The zero-order chi connectivity index (χ0) is 25.1. The number of amides is 1. The van der Waals surface area contributed by atoms with Crippen molar-refractivity contribution in [3.63, 3.8) is 0 Å². The van der Waals surface area contributed by atoms with Gasteiger partial charge in [-0.2, -0.15) is 5.10 Å². The summed E-state index contributed by atoms with van der Waals surface area (Å²) in [6, 6.07) is 14.4. The number of aromatic nitrogens is 3. The maximum atomic E-state index is 14.9. The van der Waals surface area contributed by atoms with Crippen LogP contribution in [0.3, 0.4) is 0 Å². The van der Waals surface area contributed by atoms with Crippen molar-refractivity contribution in [2.24, 2.45) is 0 Å². The van der Waals surface area contributed by atoms with Crippen molar-refractivity contribution in [2.75, 3.05) is 25.5 Å². The first-order valence-corrected chi connectivity index (χ1v) is 12.0. The molecule has 4 aromatic rings. The second-order valence-electron chi connectivity index (χ2n) is 8.84. The maximum Gasteiger partial charge on any atom is 0.246 e. The van der Waals surface area contributed by atoms with Crippen molar-refractivity contribution in [3.05, 3.63) is 85.0 Å². The van der Waals surface area contributed by atoms with E-state index in [0.29, 0.717) is 36.5 Å². The van der Waals surface area contributed by atoms with Crippen LogP contribution in [-0.2, 0) is 11.3 Å². The summed E-state index contributed by atoms with van der Waals surface area (Å²) in [6.07, 6.45) is 6.65. The highest BCUT2D eigenvalue weighted by Gasteiger charge is 2.27. The summed E-state index contributed by atoms with van der Waals surface area (Å²) in [5, 5.41) is 9.35. The zero-order valence-electron chi connectivity index (χ0n) is 20.2. The molecular formula is C28H28FN5O2. The van der Waals surface area contributed by atoms with Crippen LogP contribution in [0.5, 0.6) is 5.75 Å². The van der Waals surface area contributed by atoms with Crippen LogP contribution in [0, 0.1) is 5.82 Å². The Morgan fingerprint density at radius 2 is 2.08 bits per heavy atom. The molecule has 184 valence electrons. The van der Waals surface area contributed by atoms with E-state index in [1.54, 1.807) is 24.5 Å². The van der Waals surface area contributed by atoms with Crippen molar-refractivity contribution < 1.29 is 13.9 Å². The summed E-state index contributed by atoms with van der Waals surface area (Å²) in [5.74, 6) is 0.880. The number of hydrogen-bond acceptors (Lipinski definition) is 5. The van der Waals surface area contributed by atoms with Gasteiger partial charge in [0.05, 0.1) is 24.2 Å². The Morgan fingerprint density at radius 3 is 2.86 bits per heavy atom.